The molecule has 0 spiro atoms. The molecular weight excluding hydrogens is 359 g/mol. The Bertz CT molecular complexity index is 1140. The van der Waals surface area contributed by atoms with Gasteiger partial charge in [0, 0.05) is 17.6 Å². The first-order valence-corrected chi connectivity index (χ1v) is 8.31. The van der Waals surface area contributed by atoms with Crippen molar-refractivity contribution in [3.8, 4) is 0 Å². The summed E-state index contributed by atoms with van der Waals surface area (Å²) in [6, 6.07) is 8.98. The highest BCUT2D eigenvalue weighted by atomic mass is 35.5. The standard InChI is InChI=1S/C17H14Cl2N6/c1-25-13-6-9(18)5-10(19)16(13)24-15(25)7-14-22-11-3-2-8(17(20)21)4-12(11)23-14/h2-6H,7H2,1H3,(H3,20,21)(H,22,23). The summed E-state index contributed by atoms with van der Waals surface area (Å²) in [5.74, 6) is 1.63. The topological polar surface area (TPSA) is 96.4 Å². The van der Waals surface area contributed by atoms with Crippen molar-refractivity contribution < 1.29 is 0 Å². The van der Waals surface area contributed by atoms with Crippen LogP contribution in [0.2, 0.25) is 10.0 Å². The highest BCUT2D eigenvalue weighted by molar-refractivity contribution is 6.38. The minimum Gasteiger partial charge on any atom is -0.384 e. The van der Waals surface area contributed by atoms with Gasteiger partial charge in [-0.2, -0.15) is 0 Å². The van der Waals surface area contributed by atoms with Crippen LogP contribution >= 0.6 is 23.2 Å². The fourth-order valence-corrected chi connectivity index (χ4v) is 3.41. The van der Waals surface area contributed by atoms with E-state index in [1.54, 1.807) is 12.1 Å². The van der Waals surface area contributed by atoms with Gasteiger partial charge in [0.25, 0.3) is 0 Å². The van der Waals surface area contributed by atoms with Crippen LogP contribution in [-0.4, -0.2) is 25.4 Å². The molecule has 0 radical (unpaired) electrons. The van der Waals surface area contributed by atoms with Crippen molar-refractivity contribution in [2.45, 2.75) is 6.42 Å². The van der Waals surface area contributed by atoms with Gasteiger partial charge < -0.3 is 15.3 Å². The normalized spacial score (nSPS) is 11.5. The number of aryl methyl sites for hydroxylation is 1. The molecule has 2 aromatic carbocycles. The van der Waals surface area contributed by atoms with Gasteiger partial charge in [-0.05, 0) is 30.3 Å². The highest BCUT2D eigenvalue weighted by Crippen LogP contribution is 2.28. The highest BCUT2D eigenvalue weighted by Gasteiger charge is 2.14. The second kappa shape index (κ2) is 5.75. The average Bonchev–Trinajstić information content (AvgIpc) is 3.09. The summed E-state index contributed by atoms with van der Waals surface area (Å²) in [5, 5.41) is 8.64. The SMILES string of the molecule is Cn1c(Cc2nc3ccc(C(=N)N)cc3[nH]2)nc2c(Cl)cc(Cl)cc21. The average molecular weight is 373 g/mol. The number of nitrogens with one attached hydrogen (secondary N) is 2. The molecule has 8 heteroatoms. The smallest absolute Gasteiger partial charge is 0.122 e. The lowest BCUT2D eigenvalue weighted by Gasteiger charge is -2.00. The Morgan fingerprint density at radius 2 is 2.04 bits per heavy atom. The van der Waals surface area contributed by atoms with E-state index in [4.69, 9.17) is 34.3 Å². The lowest BCUT2D eigenvalue weighted by Crippen LogP contribution is -2.10. The zero-order chi connectivity index (χ0) is 17.7. The third-order valence-corrected chi connectivity index (χ3v) is 4.67. The molecule has 0 saturated heterocycles. The molecule has 0 aliphatic carbocycles. The van der Waals surface area contributed by atoms with Gasteiger partial charge in [-0.25, -0.2) is 9.97 Å². The first kappa shape index (κ1) is 15.9. The Kier molecular flexibility index (Phi) is 3.67. The van der Waals surface area contributed by atoms with Gasteiger partial charge in [-0.15, -0.1) is 0 Å². The summed E-state index contributed by atoms with van der Waals surface area (Å²) >= 11 is 12.3. The van der Waals surface area contributed by atoms with Gasteiger partial charge in [0.2, 0.25) is 0 Å². The number of hydrogen-bond acceptors (Lipinski definition) is 3. The van der Waals surface area contributed by atoms with Crippen LogP contribution in [0, 0.1) is 5.41 Å². The Balaban J connectivity index is 1.76. The number of nitrogens with zero attached hydrogens (tertiary/aromatic N) is 3. The molecule has 4 N–H and O–H groups in total. The van der Waals surface area contributed by atoms with Crippen molar-refractivity contribution in [3.63, 3.8) is 0 Å². The van der Waals surface area contributed by atoms with Crippen LogP contribution in [0.3, 0.4) is 0 Å². The quantitative estimate of drug-likeness (QED) is 0.378. The Hall–Kier alpha value is -2.57. The summed E-state index contributed by atoms with van der Waals surface area (Å²) in [7, 11) is 1.92. The van der Waals surface area contributed by atoms with Crippen LogP contribution in [0.25, 0.3) is 22.1 Å². The maximum absolute atomic E-state index is 7.53. The van der Waals surface area contributed by atoms with E-state index < -0.39 is 0 Å². The summed E-state index contributed by atoms with van der Waals surface area (Å²) in [5.41, 5.74) is 9.45. The lowest BCUT2D eigenvalue weighted by molar-refractivity contribution is 0.824. The van der Waals surface area contributed by atoms with E-state index >= 15 is 0 Å². The Morgan fingerprint density at radius 3 is 2.80 bits per heavy atom. The van der Waals surface area contributed by atoms with E-state index in [1.165, 1.54) is 0 Å². The molecule has 0 aliphatic rings. The van der Waals surface area contributed by atoms with E-state index in [0.717, 1.165) is 33.7 Å². The number of imidazole rings is 2. The largest absolute Gasteiger partial charge is 0.384 e. The zero-order valence-corrected chi connectivity index (χ0v) is 14.8. The van der Waals surface area contributed by atoms with Gasteiger partial charge in [-0.1, -0.05) is 23.2 Å². The molecule has 2 heterocycles. The van der Waals surface area contributed by atoms with Crippen molar-refractivity contribution >= 4 is 51.1 Å². The number of aromatic amines is 1. The molecule has 126 valence electrons. The van der Waals surface area contributed by atoms with E-state index in [9.17, 15) is 0 Å². The van der Waals surface area contributed by atoms with E-state index in [1.807, 2.05) is 29.8 Å². The number of amidine groups is 1. The van der Waals surface area contributed by atoms with E-state index in [-0.39, 0.29) is 5.84 Å². The molecule has 0 amide bonds. The molecule has 6 nitrogen and oxygen atoms in total. The third kappa shape index (κ3) is 2.73. The van der Waals surface area contributed by atoms with Crippen LogP contribution in [0.1, 0.15) is 17.2 Å². The van der Waals surface area contributed by atoms with Gasteiger partial charge >= 0.3 is 0 Å². The first-order valence-electron chi connectivity index (χ1n) is 7.56. The summed E-state index contributed by atoms with van der Waals surface area (Å²) in [6.07, 6.45) is 0.517. The Labute approximate surface area is 153 Å². The van der Waals surface area contributed by atoms with Crippen molar-refractivity contribution in [3.05, 3.63) is 57.6 Å². The maximum Gasteiger partial charge on any atom is 0.122 e. The van der Waals surface area contributed by atoms with E-state index in [0.29, 0.717) is 22.0 Å². The number of H-pyrrole nitrogens is 1. The van der Waals surface area contributed by atoms with Crippen LogP contribution < -0.4 is 5.73 Å². The fourth-order valence-electron chi connectivity index (χ4n) is 2.88. The Morgan fingerprint density at radius 1 is 1.24 bits per heavy atom. The van der Waals surface area contributed by atoms with Crippen LogP contribution in [-0.2, 0) is 13.5 Å². The molecule has 0 atom stereocenters. The van der Waals surface area contributed by atoms with E-state index in [2.05, 4.69) is 15.0 Å². The number of aromatic nitrogens is 4. The van der Waals surface area contributed by atoms with Gasteiger partial charge in [0.15, 0.2) is 0 Å². The van der Waals surface area contributed by atoms with Gasteiger partial charge in [-0.3, -0.25) is 5.41 Å². The summed E-state index contributed by atoms with van der Waals surface area (Å²) < 4.78 is 1.96. The van der Waals surface area contributed by atoms with Crippen LogP contribution in [0.4, 0.5) is 0 Å². The number of nitrogen functional groups attached to an aromatic ring is 1. The molecule has 4 aromatic rings. The second-order valence-corrected chi connectivity index (χ2v) is 6.69. The monoisotopic (exact) mass is 372 g/mol. The predicted molar refractivity (Wildman–Crippen MR) is 101 cm³/mol. The maximum atomic E-state index is 7.53. The molecule has 2 aromatic heterocycles. The minimum atomic E-state index is 0.0277. The number of benzene rings is 2. The first-order chi connectivity index (χ1) is 11.9. The third-order valence-electron chi connectivity index (χ3n) is 4.16. The molecule has 0 bridgehead atoms. The number of halogens is 2. The molecular formula is C17H14Cl2N6. The predicted octanol–water partition coefficient (Wildman–Crippen LogP) is 3.63. The molecule has 0 aliphatic heterocycles. The van der Waals surface area contributed by atoms with Crippen LogP contribution in [0.5, 0.6) is 0 Å². The zero-order valence-electron chi connectivity index (χ0n) is 13.3. The second-order valence-electron chi connectivity index (χ2n) is 5.85. The minimum absolute atomic E-state index is 0.0277. The number of nitrogens with two attached hydrogens (primary N) is 1. The summed E-state index contributed by atoms with van der Waals surface area (Å²) in [4.78, 5) is 12.5. The molecule has 4 rings (SSSR count). The number of hydrogen-bond donors (Lipinski definition) is 3. The lowest BCUT2D eigenvalue weighted by atomic mass is 10.2. The van der Waals surface area contributed by atoms with Crippen molar-refractivity contribution in [2.75, 3.05) is 0 Å². The van der Waals surface area contributed by atoms with Crippen molar-refractivity contribution in [1.82, 2.24) is 19.5 Å². The fraction of sp³-hybridized carbons (Fsp3) is 0.118. The molecule has 0 fully saturated rings. The number of rotatable bonds is 3. The molecule has 0 unspecified atom stereocenters. The summed E-state index contributed by atoms with van der Waals surface area (Å²) in [6.45, 7) is 0. The molecule has 25 heavy (non-hydrogen) atoms. The van der Waals surface area contributed by atoms with Crippen molar-refractivity contribution in [2.24, 2.45) is 12.8 Å². The van der Waals surface area contributed by atoms with Crippen LogP contribution in [0.15, 0.2) is 30.3 Å². The van der Waals surface area contributed by atoms with Gasteiger partial charge in [0.05, 0.1) is 28.0 Å². The van der Waals surface area contributed by atoms with Crippen molar-refractivity contribution in [1.29, 1.82) is 5.41 Å². The number of fused-ring (bicyclic) bond motifs is 2. The molecule has 0 saturated carbocycles. The van der Waals surface area contributed by atoms with Gasteiger partial charge in [0.1, 0.15) is 23.0 Å².